The van der Waals surface area contributed by atoms with Gasteiger partial charge in [0.1, 0.15) is 6.04 Å². The van der Waals surface area contributed by atoms with Crippen LogP contribution in [0.25, 0.3) is 0 Å². The Morgan fingerprint density at radius 1 is 1.58 bits per heavy atom. The molecule has 0 spiro atoms. The zero-order valence-corrected chi connectivity index (χ0v) is 7.63. The normalized spacial score (nSPS) is 28.4. The molecule has 1 aliphatic rings. The Bertz CT molecular complexity index is 213. The Labute approximate surface area is 71.9 Å². The molecule has 1 fully saturated rings. The maximum absolute atomic E-state index is 11.4. The van der Waals surface area contributed by atoms with Crippen molar-refractivity contribution in [1.29, 1.82) is 0 Å². The number of hydrogen-bond acceptors (Lipinski definition) is 2. The van der Waals surface area contributed by atoms with Crippen molar-refractivity contribution in [3.63, 3.8) is 0 Å². The molecular formula is C8H14N2O2. The maximum Gasteiger partial charge on any atom is 0.244 e. The van der Waals surface area contributed by atoms with Crippen LogP contribution in [0.1, 0.15) is 13.3 Å². The molecule has 12 heavy (non-hydrogen) atoms. The molecule has 0 aromatic carbocycles. The standard InChI is InChI=1S/C8H14N2O2/c1-5-4-6(11)9-7(5)8(12)10(2)3/h5,7H,4H2,1-3H3,(H,9,11)/t5-,7+/m0/s1. The molecule has 2 atom stereocenters. The van der Waals surface area contributed by atoms with Gasteiger partial charge in [-0.05, 0) is 5.92 Å². The highest BCUT2D eigenvalue weighted by atomic mass is 16.2. The predicted octanol–water partition coefficient (Wildman–Crippen LogP) is -0.401. The van der Waals surface area contributed by atoms with Crippen molar-refractivity contribution in [2.24, 2.45) is 5.92 Å². The van der Waals surface area contributed by atoms with Crippen molar-refractivity contribution in [3.8, 4) is 0 Å². The Balaban J connectivity index is 2.64. The quantitative estimate of drug-likeness (QED) is 0.582. The Morgan fingerprint density at radius 2 is 2.17 bits per heavy atom. The smallest absolute Gasteiger partial charge is 0.244 e. The molecule has 68 valence electrons. The third-order valence-corrected chi connectivity index (χ3v) is 2.10. The van der Waals surface area contributed by atoms with Crippen LogP contribution in [-0.2, 0) is 9.59 Å². The Kier molecular flexibility index (Phi) is 2.35. The van der Waals surface area contributed by atoms with Crippen molar-refractivity contribution in [2.45, 2.75) is 19.4 Å². The molecule has 1 N–H and O–H groups in total. The number of carbonyl (C=O) groups is 2. The van der Waals surface area contributed by atoms with E-state index in [-0.39, 0.29) is 23.8 Å². The summed E-state index contributed by atoms with van der Waals surface area (Å²) in [4.78, 5) is 23.8. The van der Waals surface area contributed by atoms with E-state index < -0.39 is 0 Å². The van der Waals surface area contributed by atoms with Crippen LogP contribution in [0.3, 0.4) is 0 Å². The number of hydrogen-bond donors (Lipinski definition) is 1. The average Bonchev–Trinajstić information content (AvgIpc) is 2.28. The lowest BCUT2D eigenvalue weighted by Crippen LogP contribution is -2.43. The van der Waals surface area contributed by atoms with Crippen LogP contribution in [0, 0.1) is 5.92 Å². The summed E-state index contributed by atoms with van der Waals surface area (Å²) in [5.41, 5.74) is 0. The summed E-state index contributed by atoms with van der Waals surface area (Å²) in [7, 11) is 3.39. The van der Waals surface area contributed by atoms with Crippen molar-refractivity contribution < 1.29 is 9.59 Å². The molecule has 1 aliphatic heterocycles. The first kappa shape index (κ1) is 9.03. The molecule has 0 aromatic rings. The second-order valence-electron chi connectivity index (χ2n) is 3.46. The molecule has 1 heterocycles. The van der Waals surface area contributed by atoms with Crippen LogP contribution in [0.2, 0.25) is 0 Å². The van der Waals surface area contributed by atoms with Crippen LogP contribution < -0.4 is 5.32 Å². The topological polar surface area (TPSA) is 49.4 Å². The zero-order valence-electron chi connectivity index (χ0n) is 7.63. The Morgan fingerprint density at radius 3 is 2.50 bits per heavy atom. The van der Waals surface area contributed by atoms with Gasteiger partial charge in [0.2, 0.25) is 11.8 Å². The molecule has 0 saturated carbocycles. The van der Waals surface area contributed by atoms with Gasteiger partial charge >= 0.3 is 0 Å². The van der Waals surface area contributed by atoms with E-state index in [1.807, 2.05) is 6.92 Å². The number of amides is 2. The maximum atomic E-state index is 11.4. The summed E-state index contributed by atoms with van der Waals surface area (Å²) in [5, 5.41) is 2.65. The lowest BCUT2D eigenvalue weighted by molar-refractivity contribution is -0.132. The fraction of sp³-hybridized carbons (Fsp3) is 0.750. The number of carbonyl (C=O) groups excluding carboxylic acids is 2. The van der Waals surface area contributed by atoms with Gasteiger partial charge < -0.3 is 10.2 Å². The number of nitrogens with one attached hydrogen (secondary N) is 1. The van der Waals surface area contributed by atoms with E-state index in [9.17, 15) is 9.59 Å². The summed E-state index contributed by atoms with van der Waals surface area (Å²) in [6.45, 7) is 1.91. The first-order valence-electron chi connectivity index (χ1n) is 4.03. The summed E-state index contributed by atoms with van der Waals surface area (Å²) < 4.78 is 0. The SMILES string of the molecule is C[C@H]1CC(=O)N[C@H]1C(=O)N(C)C. The van der Waals surface area contributed by atoms with Crippen molar-refractivity contribution >= 4 is 11.8 Å². The van der Waals surface area contributed by atoms with E-state index >= 15 is 0 Å². The molecule has 2 amide bonds. The second kappa shape index (κ2) is 3.13. The highest BCUT2D eigenvalue weighted by molar-refractivity contribution is 5.91. The lowest BCUT2D eigenvalue weighted by Gasteiger charge is -2.18. The van der Waals surface area contributed by atoms with Crippen LogP contribution >= 0.6 is 0 Å². The Hall–Kier alpha value is -1.06. The van der Waals surface area contributed by atoms with Crippen LogP contribution in [0.5, 0.6) is 0 Å². The van der Waals surface area contributed by atoms with Crippen molar-refractivity contribution in [2.75, 3.05) is 14.1 Å². The molecular weight excluding hydrogens is 156 g/mol. The van der Waals surface area contributed by atoms with Gasteiger partial charge in [-0.2, -0.15) is 0 Å². The van der Waals surface area contributed by atoms with Gasteiger partial charge in [0.05, 0.1) is 0 Å². The molecule has 0 bridgehead atoms. The van der Waals surface area contributed by atoms with Crippen LogP contribution in [-0.4, -0.2) is 36.9 Å². The van der Waals surface area contributed by atoms with Crippen molar-refractivity contribution in [3.05, 3.63) is 0 Å². The minimum absolute atomic E-state index is 0.0200. The third-order valence-electron chi connectivity index (χ3n) is 2.10. The predicted molar refractivity (Wildman–Crippen MR) is 44.4 cm³/mol. The summed E-state index contributed by atoms with van der Waals surface area (Å²) in [5.74, 6) is 0.0726. The number of rotatable bonds is 1. The number of likely N-dealkylation sites (N-methyl/N-ethyl adjacent to an activating group) is 1. The summed E-state index contributed by atoms with van der Waals surface area (Å²) in [6.07, 6.45) is 0.463. The van der Waals surface area contributed by atoms with Crippen molar-refractivity contribution in [1.82, 2.24) is 10.2 Å². The van der Waals surface area contributed by atoms with Gasteiger partial charge in [0.15, 0.2) is 0 Å². The second-order valence-corrected chi connectivity index (χ2v) is 3.46. The monoisotopic (exact) mass is 170 g/mol. The van der Waals surface area contributed by atoms with E-state index in [1.54, 1.807) is 14.1 Å². The van der Waals surface area contributed by atoms with Crippen LogP contribution in [0.4, 0.5) is 0 Å². The zero-order chi connectivity index (χ0) is 9.30. The first-order valence-corrected chi connectivity index (χ1v) is 4.03. The molecule has 0 aliphatic carbocycles. The summed E-state index contributed by atoms with van der Waals surface area (Å²) >= 11 is 0. The van der Waals surface area contributed by atoms with Gasteiger partial charge in [0.25, 0.3) is 0 Å². The van der Waals surface area contributed by atoms with E-state index in [0.717, 1.165) is 0 Å². The highest BCUT2D eigenvalue weighted by Crippen LogP contribution is 2.16. The summed E-state index contributed by atoms with van der Waals surface area (Å²) in [6, 6.07) is -0.313. The van der Waals surface area contributed by atoms with Gasteiger partial charge in [-0.25, -0.2) is 0 Å². The lowest BCUT2D eigenvalue weighted by atomic mass is 10.0. The largest absolute Gasteiger partial charge is 0.347 e. The van der Waals surface area contributed by atoms with E-state index in [0.29, 0.717) is 6.42 Å². The molecule has 1 rings (SSSR count). The minimum Gasteiger partial charge on any atom is -0.347 e. The fourth-order valence-corrected chi connectivity index (χ4v) is 1.37. The van der Waals surface area contributed by atoms with E-state index in [2.05, 4.69) is 5.32 Å². The third kappa shape index (κ3) is 1.57. The molecule has 1 saturated heterocycles. The van der Waals surface area contributed by atoms with Gasteiger partial charge in [-0.1, -0.05) is 6.92 Å². The highest BCUT2D eigenvalue weighted by Gasteiger charge is 2.34. The van der Waals surface area contributed by atoms with E-state index in [1.165, 1.54) is 4.90 Å². The molecule has 4 heteroatoms. The van der Waals surface area contributed by atoms with Gasteiger partial charge in [-0.15, -0.1) is 0 Å². The fourth-order valence-electron chi connectivity index (χ4n) is 1.37. The first-order chi connectivity index (χ1) is 5.52. The van der Waals surface area contributed by atoms with E-state index in [4.69, 9.17) is 0 Å². The molecule has 4 nitrogen and oxygen atoms in total. The number of nitrogens with zero attached hydrogens (tertiary/aromatic N) is 1. The van der Waals surface area contributed by atoms with Gasteiger partial charge in [-0.3, -0.25) is 9.59 Å². The molecule has 0 radical (unpaired) electrons. The van der Waals surface area contributed by atoms with Gasteiger partial charge in [0, 0.05) is 20.5 Å². The molecule has 0 unspecified atom stereocenters. The van der Waals surface area contributed by atoms with Crippen LogP contribution in [0.15, 0.2) is 0 Å². The molecule has 0 aromatic heterocycles. The average molecular weight is 170 g/mol. The minimum atomic E-state index is -0.313.